The van der Waals surface area contributed by atoms with Gasteiger partial charge in [-0.1, -0.05) is 48.0 Å². The van der Waals surface area contributed by atoms with Gasteiger partial charge in [0.25, 0.3) is 0 Å². The molecule has 2 heterocycles. The molecule has 150 valence electrons. The standard InChI is InChI=1S/C20H20ClN5O3/c21-16-9-5-4-6-14(16)12-22-17(27)13-26-19(29)18(28)25-11-10-24(20(25)23-26)15-7-2-1-3-8-15/h1-9,20,23H,10-13H2,(H,22,27). The summed E-state index contributed by atoms with van der Waals surface area (Å²) in [6, 6.07) is 16.8. The van der Waals surface area contributed by atoms with Crippen molar-refractivity contribution in [3.63, 3.8) is 0 Å². The van der Waals surface area contributed by atoms with Gasteiger partial charge in [0, 0.05) is 30.3 Å². The largest absolute Gasteiger partial charge is 0.350 e. The Hall–Kier alpha value is -3.10. The summed E-state index contributed by atoms with van der Waals surface area (Å²) in [5.74, 6) is -1.76. The van der Waals surface area contributed by atoms with Gasteiger partial charge in [-0.05, 0) is 23.8 Å². The third kappa shape index (κ3) is 3.90. The van der Waals surface area contributed by atoms with Crippen molar-refractivity contribution in [3.8, 4) is 0 Å². The first-order valence-electron chi connectivity index (χ1n) is 9.25. The third-order valence-electron chi connectivity index (χ3n) is 4.96. The minimum Gasteiger partial charge on any atom is -0.350 e. The predicted molar refractivity (Wildman–Crippen MR) is 107 cm³/mol. The molecule has 2 fully saturated rings. The van der Waals surface area contributed by atoms with Gasteiger partial charge < -0.3 is 10.2 Å². The molecule has 2 aliphatic rings. The van der Waals surface area contributed by atoms with Gasteiger partial charge in [-0.2, -0.15) is 5.43 Å². The normalized spacial score (nSPS) is 18.8. The number of rotatable bonds is 5. The van der Waals surface area contributed by atoms with Crippen LogP contribution in [-0.2, 0) is 20.9 Å². The summed E-state index contributed by atoms with van der Waals surface area (Å²) < 4.78 is 0. The van der Waals surface area contributed by atoms with E-state index < -0.39 is 24.0 Å². The monoisotopic (exact) mass is 413 g/mol. The topological polar surface area (TPSA) is 85.0 Å². The SMILES string of the molecule is O=C(CN1NC2N(CCN2c2ccccc2)C(=O)C1=O)NCc1ccccc1Cl. The highest BCUT2D eigenvalue weighted by molar-refractivity contribution is 6.35. The van der Waals surface area contributed by atoms with Gasteiger partial charge in [-0.25, -0.2) is 0 Å². The number of hydrazine groups is 1. The Balaban J connectivity index is 1.42. The molecule has 9 heteroatoms. The van der Waals surface area contributed by atoms with Crippen molar-refractivity contribution in [1.82, 2.24) is 20.7 Å². The average molecular weight is 414 g/mol. The van der Waals surface area contributed by atoms with Crippen molar-refractivity contribution in [2.45, 2.75) is 12.8 Å². The van der Waals surface area contributed by atoms with Gasteiger partial charge in [0.05, 0.1) is 0 Å². The number of nitrogens with one attached hydrogen (secondary N) is 2. The number of benzene rings is 2. The zero-order valence-corrected chi connectivity index (χ0v) is 16.3. The number of hydrogen-bond acceptors (Lipinski definition) is 5. The molecule has 2 aromatic carbocycles. The second kappa shape index (κ2) is 8.10. The first-order valence-corrected chi connectivity index (χ1v) is 9.63. The van der Waals surface area contributed by atoms with Gasteiger partial charge in [0.15, 0.2) is 6.29 Å². The second-order valence-electron chi connectivity index (χ2n) is 6.79. The number of halogens is 1. The van der Waals surface area contributed by atoms with E-state index in [1.54, 1.807) is 12.1 Å². The number of fused-ring (bicyclic) bond motifs is 1. The maximum Gasteiger partial charge on any atom is 0.326 e. The molecule has 2 saturated heterocycles. The van der Waals surface area contributed by atoms with Crippen LogP contribution in [0.2, 0.25) is 5.02 Å². The quantitative estimate of drug-likeness (QED) is 0.712. The van der Waals surface area contributed by atoms with Crippen LogP contribution in [0, 0.1) is 0 Å². The molecule has 2 aliphatic heterocycles. The van der Waals surface area contributed by atoms with Crippen LogP contribution in [-0.4, -0.2) is 53.6 Å². The Morgan fingerprint density at radius 2 is 1.69 bits per heavy atom. The van der Waals surface area contributed by atoms with E-state index in [4.69, 9.17) is 11.6 Å². The fourth-order valence-corrected chi connectivity index (χ4v) is 3.66. The number of nitrogens with zero attached hydrogens (tertiary/aromatic N) is 3. The lowest BCUT2D eigenvalue weighted by molar-refractivity contribution is -0.163. The van der Waals surface area contributed by atoms with Gasteiger partial charge in [0.1, 0.15) is 6.54 Å². The lowest BCUT2D eigenvalue weighted by Crippen LogP contribution is -2.68. The van der Waals surface area contributed by atoms with Crippen molar-refractivity contribution >= 4 is 35.0 Å². The van der Waals surface area contributed by atoms with E-state index in [0.29, 0.717) is 18.1 Å². The summed E-state index contributed by atoms with van der Waals surface area (Å²) in [5.41, 5.74) is 4.71. The van der Waals surface area contributed by atoms with Crippen LogP contribution in [0.1, 0.15) is 5.56 Å². The maximum absolute atomic E-state index is 12.5. The van der Waals surface area contributed by atoms with Crippen molar-refractivity contribution < 1.29 is 14.4 Å². The van der Waals surface area contributed by atoms with E-state index in [-0.39, 0.29) is 13.1 Å². The highest BCUT2D eigenvalue weighted by atomic mass is 35.5. The zero-order chi connectivity index (χ0) is 20.4. The van der Waals surface area contributed by atoms with E-state index in [9.17, 15) is 14.4 Å². The molecule has 0 spiro atoms. The van der Waals surface area contributed by atoms with Gasteiger partial charge in [0.2, 0.25) is 5.91 Å². The molecule has 0 aromatic heterocycles. The van der Waals surface area contributed by atoms with Crippen LogP contribution in [0.5, 0.6) is 0 Å². The third-order valence-corrected chi connectivity index (χ3v) is 5.32. The molecule has 0 bridgehead atoms. The first-order chi connectivity index (χ1) is 14.0. The minimum atomic E-state index is -0.746. The summed E-state index contributed by atoms with van der Waals surface area (Å²) >= 11 is 6.09. The number of hydrogen-bond donors (Lipinski definition) is 2. The Kier molecular flexibility index (Phi) is 5.37. The molecule has 0 aliphatic carbocycles. The Morgan fingerprint density at radius 1 is 1.00 bits per heavy atom. The Bertz CT molecular complexity index is 939. The molecule has 1 unspecified atom stereocenters. The molecule has 2 aromatic rings. The maximum atomic E-state index is 12.5. The molecule has 8 nitrogen and oxygen atoms in total. The summed E-state index contributed by atoms with van der Waals surface area (Å²) in [6.07, 6.45) is -0.515. The van der Waals surface area contributed by atoms with Crippen molar-refractivity contribution in [1.29, 1.82) is 0 Å². The number of carbonyl (C=O) groups is 3. The second-order valence-corrected chi connectivity index (χ2v) is 7.20. The van der Waals surface area contributed by atoms with E-state index in [2.05, 4.69) is 10.7 Å². The molecule has 0 radical (unpaired) electrons. The summed E-state index contributed by atoms with van der Waals surface area (Å²) in [6.45, 7) is 0.985. The zero-order valence-electron chi connectivity index (χ0n) is 15.5. The molecule has 3 amide bonds. The molecule has 29 heavy (non-hydrogen) atoms. The van der Waals surface area contributed by atoms with Crippen LogP contribution >= 0.6 is 11.6 Å². The highest BCUT2D eigenvalue weighted by Crippen LogP contribution is 2.24. The van der Waals surface area contributed by atoms with E-state index in [1.165, 1.54) is 4.90 Å². The van der Waals surface area contributed by atoms with Crippen molar-refractivity contribution in [2.75, 3.05) is 24.5 Å². The van der Waals surface area contributed by atoms with Crippen molar-refractivity contribution in [3.05, 3.63) is 65.2 Å². The molecule has 4 rings (SSSR count). The van der Waals surface area contributed by atoms with Gasteiger partial charge >= 0.3 is 11.8 Å². The summed E-state index contributed by atoms with van der Waals surface area (Å²) in [5, 5.41) is 4.36. The number of amides is 3. The van der Waals surface area contributed by atoms with E-state index >= 15 is 0 Å². The van der Waals surface area contributed by atoms with Crippen LogP contribution in [0.3, 0.4) is 0 Å². The fourth-order valence-electron chi connectivity index (χ4n) is 3.46. The molecular formula is C20H20ClN5O3. The summed E-state index contributed by atoms with van der Waals surface area (Å²) in [4.78, 5) is 40.8. The molecule has 0 saturated carbocycles. The fraction of sp³-hybridized carbons (Fsp3) is 0.250. The minimum absolute atomic E-state index is 0.236. The average Bonchev–Trinajstić information content (AvgIpc) is 3.16. The van der Waals surface area contributed by atoms with E-state index in [0.717, 1.165) is 16.3 Å². The Labute approximate surface area is 173 Å². The number of anilines is 1. The number of carbonyl (C=O) groups excluding carboxylic acids is 3. The van der Waals surface area contributed by atoms with Crippen LogP contribution in [0.4, 0.5) is 5.69 Å². The smallest absolute Gasteiger partial charge is 0.326 e. The lowest BCUT2D eigenvalue weighted by atomic mass is 10.2. The van der Waals surface area contributed by atoms with Crippen LogP contribution in [0.15, 0.2) is 54.6 Å². The van der Waals surface area contributed by atoms with Crippen LogP contribution in [0.25, 0.3) is 0 Å². The van der Waals surface area contributed by atoms with Gasteiger partial charge in [-0.15, -0.1) is 0 Å². The molecule has 1 atom stereocenters. The number of para-hydroxylation sites is 1. The van der Waals surface area contributed by atoms with Crippen LogP contribution < -0.4 is 15.6 Å². The highest BCUT2D eigenvalue weighted by Gasteiger charge is 2.45. The lowest BCUT2D eigenvalue weighted by Gasteiger charge is -2.40. The predicted octanol–water partition coefficient (Wildman–Crippen LogP) is 0.935. The van der Waals surface area contributed by atoms with Gasteiger partial charge in [-0.3, -0.25) is 24.3 Å². The molecular weight excluding hydrogens is 394 g/mol. The summed E-state index contributed by atoms with van der Waals surface area (Å²) in [7, 11) is 0. The van der Waals surface area contributed by atoms with E-state index in [1.807, 2.05) is 47.4 Å². The Morgan fingerprint density at radius 3 is 2.45 bits per heavy atom. The molecule has 2 N–H and O–H groups in total. The first kappa shape index (κ1) is 19.2. The van der Waals surface area contributed by atoms with Crippen molar-refractivity contribution in [2.24, 2.45) is 0 Å².